The molecule has 20 heavy (non-hydrogen) atoms. The molecule has 2 rings (SSSR count). The summed E-state index contributed by atoms with van der Waals surface area (Å²) >= 11 is 4.70. The Morgan fingerprint density at radius 1 is 1.50 bits per heavy atom. The molecule has 2 aromatic rings. The lowest BCUT2D eigenvalue weighted by Crippen LogP contribution is -2.27. The monoisotopic (exact) mass is 314 g/mol. The minimum Gasteiger partial charge on any atom is -0.389 e. The highest BCUT2D eigenvalue weighted by molar-refractivity contribution is 7.89. The lowest BCUT2D eigenvalue weighted by Gasteiger charge is -2.10. The van der Waals surface area contributed by atoms with Crippen LogP contribution < -0.4 is 10.5 Å². The second kappa shape index (κ2) is 5.65. The third-order valence-corrected chi connectivity index (χ3v) is 4.18. The number of hydrogen-bond donors (Lipinski definition) is 3. The number of aromatic nitrogens is 2. The smallest absolute Gasteiger partial charge is 0.241 e. The topological polar surface area (TPSA) is 101 Å². The van der Waals surface area contributed by atoms with E-state index in [2.05, 4.69) is 14.9 Å². The van der Waals surface area contributed by atoms with Crippen molar-refractivity contribution in [3.8, 4) is 0 Å². The van der Waals surface area contributed by atoms with Crippen molar-refractivity contribution >= 4 is 27.2 Å². The number of thiocarbonyl (C=S) groups is 1. The average molecular weight is 314 g/mol. The van der Waals surface area contributed by atoms with E-state index >= 15 is 0 Å². The van der Waals surface area contributed by atoms with E-state index in [1.54, 1.807) is 6.20 Å². The van der Waals surface area contributed by atoms with Crippen LogP contribution in [-0.4, -0.2) is 23.6 Å². The average Bonchev–Trinajstić information content (AvgIpc) is 2.89. The van der Waals surface area contributed by atoms with Gasteiger partial charge in [0.15, 0.2) is 0 Å². The standard InChI is InChI=1S/C11H11FN4O2S2/c12-8-2-1-3-9(10(8)11(13)19)20(17,18)16-6-7-4-14-15-5-7/h1-5,16H,6H2,(H2,13,19)(H,14,15). The van der Waals surface area contributed by atoms with Crippen molar-refractivity contribution in [1.29, 1.82) is 0 Å². The van der Waals surface area contributed by atoms with Crippen molar-refractivity contribution in [2.24, 2.45) is 5.73 Å². The van der Waals surface area contributed by atoms with Gasteiger partial charge in [0.25, 0.3) is 0 Å². The number of halogens is 1. The maximum absolute atomic E-state index is 13.7. The molecular weight excluding hydrogens is 303 g/mol. The molecule has 0 atom stereocenters. The van der Waals surface area contributed by atoms with Gasteiger partial charge in [-0.3, -0.25) is 5.10 Å². The van der Waals surface area contributed by atoms with Gasteiger partial charge in [0.1, 0.15) is 10.8 Å². The molecule has 0 saturated heterocycles. The van der Waals surface area contributed by atoms with Gasteiger partial charge in [-0.25, -0.2) is 17.5 Å². The summed E-state index contributed by atoms with van der Waals surface area (Å²) in [6.45, 7) is 0.0200. The Bertz CT molecular complexity index is 729. The molecule has 0 aliphatic rings. The highest BCUT2D eigenvalue weighted by Crippen LogP contribution is 2.19. The van der Waals surface area contributed by atoms with Gasteiger partial charge in [0, 0.05) is 18.3 Å². The summed E-state index contributed by atoms with van der Waals surface area (Å²) in [4.78, 5) is -0.597. The Morgan fingerprint density at radius 3 is 2.85 bits per heavy atom. The van der Waals surface area contributed by atoms with Gasteiger partial charge in [-0.15, -0.1) is 0 Å². The first-order chi connectivity index (χ1) is 9.42. The van der Waals surface area contributed by atoms with Crippen LogP contribution in [0.2, 0.25) is 0 Å². The molecule has 0 bridgehead atoms. The lowest BCUT2D eigenvalue weighted by atomic mass is 10.2. The summed E-state index contributed by atoms with van der Waals surface area (Å²) in [6.07, 6.45) is 3.02. The predicted molar refractivity (Wildman–Crippen MR) is 74.9 cm³/mol. The van der Waals surface area contributed by atoms with Crippen molar-refractivity contribution < 1.29 is 12.8 Å². The normalized spacial score (nSPS) is 11.4. The van der Waals surface area contributed by atoms with Crippen molar-refractivity contribution in [1.82, 2.24) is 14.9 Å². The van der Waals surface area contributed by atoms with Crippen molar-refractivity contribution in [2.75, 3.05) is 0 Å². The van der Waals surface area contributed by atoms with Gasteiger partial charge in [0.05, 0.1) is 16.7 Å². The highest BCUT2D eigenvalue weighted by atomic mass is 32.2. The van der Waals surface area contributed by atoms with E-state index in [1.165, 1.54) is 18.3 Å². The largest absolute Gasteiger partial charge is 0.389 e. The summed E-state index contributed by atoms with van der Waals surface area (Å²) < 4.78 is 40.4. The summed E-state index contributed by atoms with van der Waals surface area (Å²) in [5, 5.41) is 6.25. The van der Waals surface area contributed by atoms with Gasteiger partial charge < -0.3 is 5.73 Å². The summed E-state index contributed by atoms with van der Waals surface area (Å²) in [5.74, 6) is -0.774. The molecule has 0 saturated carbocycles. The maximum atomic E-state index is 13.7. The van der Waals surface area contributed by atoms with E-state index in [1.807, 2.05) is 0 Å². The van der Waals surface area contributed by atoms with Crippen LogP contribution in [0, 0.1) is 5.82 Å². The zero-order valence-electron chi connectivity index (χ0n) is 10.1. The Hall–Kier alpha value is -1.84. The lowest BCUT2D eigenvalue weighted by molar-refractivity contribution is 0.576. The minimum absolute atomic E-state index is 0.0200. The number of hydrogen-bond acceptors (Lipinski definition) is 4. The molecule has 0 fully saturated rings. The summed E-state index contributed by atoms with van der Waals surface area (Å²) in [7, 11) is -3.93. The molecule has 0 amide bonds. The zero-order chi connectivity index (χ0) is 14.8. The fraction of sp³-hybridized carbons (Fsp3) is 0.0909. The molecule has 0 radical (unpaired) electrons. The van der Waals surface area contributed by atoms with Crippen LogP contribution in [0.1, 0.15) is 11.1 Å². The quantitative estimate of drug-likeness (QED) is 0.704. The van der Waals surface area contributed by atoms with Crippen molar-refractivity contribution in [3.63, 3.8) is 0 Å². The number of benzene rings is 1. The van der Waals surface area contributed by atoms with Crippen LogP contribution in [0.3, 0.4) is 0 Å². The number of sulfonamides is 1. The van der Waals surface area contributed by atoms with Crippen LogP contribution in [0.4, 0.5) is 4.39 Å². The third-order valence-electron chi connectivity index (χ3n) is 2.53. The molecular formula is C11H11FN4O2S2. The first kappa shape index (κ1) is 14.6. The molecule has 1 aromatic carbocycles. The van der Waals surface area contributed by atoms with E-state index < -0.39 is 15.8 Å². The zero-order valence-corrected chi connectivity index (χ0v) is 11.8. The van der Waals surface area contributed by atoms with E-state index in [0.29, 0.717) is 5.56 Å². The number of aromatic amines is 1. The number of H-pyrrole nitrogens is 1. The number of nitrogens with two attached hydrogens (primary N) is 1. The number of nitrogens with one attached hydrogen (secondary N) is 2. The third kappa shape index (κ3) is 3.00. The van der Waals surface area contributed by atoms with E-state index in [-0.39, 0.29) is 22.0 Å². The van der Waals surface area contributed by atoms with Gasteiger partial charge in [-0.05, 0) is 12.1 Å². The van der Waals surface area contributed by atoms with Crippen LogP contribution in [-0.2, 0) is 16.6 Å². The van der Waals surface area contributed by atoms with Crippen LogP contribution in [0.5, 0.6) is 0 Å². The summed E-state index contributed by atoms with van der Waals surface area (Å²) in [5.41, 5.74) is 5.74. The van der Waals surface area contributed by atoms with E-state index in [4.69, 9.17) is 18.0 Å². The fourth-order valence-electron chi connectivity index (χ4n) is 1.60. The molecule has 6 nitrogen and oxygen atoms in total. The maximum Gasteiger partial charge on any atom is 0.241 e. The SMILES string of the molecule is NC(=S)c1c(F)cccc1S(=O)(=O)NCc1cn[nH]c1. The van der Waals surface area contributed by atoms with Crippen molar-refractivity contribution in [2.45, 2.75) is 11.4 Å². The molecule has 0 unspecified atom stereocenters. The second-order valence-electron chi connectivity index (χ2n) is 3.91. The van der Waals surface area contributed by atoms with E-state index in [9.17, 15) is 12.8 Å². The van der Waals surface area contributed by atoms with Gasteiger partial charge in [0.2, 0.25) is 10.0 Å². The summed E-state index contributed by atoms with van der Waals surface area (Å²) in [6, 6.07) is 3.63. The molecule has 0 aliphatic heterocycles. The molecule has 1 aromatic heterocycles. The fourth-order valence-corrected chi connectivity index (χ4v) is 3.12. The minimum atomic E-state index is -3.93. The molecule has 1 heterocycles. The Balaban J connectivity index is 2.34. The van der Waals surface area contributed by atoms with Crippen LogP contribution >= 0.6 is 12.2 Å². The van der Waals surface area contributed by atoms with Crippen LogP contribution in [0.25, 0.3) is 0 Å². The second-order valence-corrected chi connectivity index (χ2v) is 6.08. The predicted octanol–water partition coefficient (Wildman–Crippen LogP) is 0.661. The number of rotatable bonds is 5. The first-order valence-corrected chi connectivity index (χ1v) is 7.36. The molecule has 0 aliphatic carbocycles. The molecule has 4 N–H and O–H groups in total. The Kier molecular flexibility index (Phi) is 4.12. The molecule has 0 spiro atoms. The van der Waals surface area contributed by atoms with Crippen molar-refractivity contribution in [3.05, 3.63) is 47.5 Å². The van der Waals surface area contributed by atoms with E-state index in [0.717, 1.165) is 6.07 Å². The Labute approximate surface area is 120 Å². The van der Waals surface area contributed by atoms with Gasteiger partial charge in [-0.1, -0.05) is 18.3 Å². The van der Waals surface area contributed by atoms with Crippen LogP contribution in [0.15, 0.2) is 35.5 Å². The molecule has 106 valence electrons. The number of nitrogens with zero attached hydrogens (tertiary/aromatic N) is 1. The van der Waals surface area contributed by atoms with Gasteiger partial charge in [-0.2, -0.15) is 5.10 Å². The Morgan fingerprint density at radius 2 is 2.25 bits per heavy atom. The highest BCUT2D eigenvalue weighted by Gasteiger charge is 2.22. The molecule has 9 heteroatoms. The van der Waals surface area contributed by atoms with Gasteiger partial charge >= 0.3 is 0 Å². The first-order valence-electron chi connectivity index (χ1n) is 5.47.